The normalized spacial score (nSPS) is 31.1. The summed E-state index contributed by atoms with van der Waals surface area (Å²) in [5.74, 6) is -2.69. The number of nitriles is 3. The molecule has 0 spiro atoms. The molecule has 1 N–H and O–H groups in total. The summed E-state index contributed by atoms with van der Waals surface area (Å²) in [5, 5.41) is 39.3. The Morgan fingerprint density at radius 1 is 0.900 bits per heavy atom. The lowest BCUT2D eigenvalue weighted by atomic mass is 9.53. The molecule has 4 rings (SSSR count). The summed E-state index contributed by atoms with van der Waals surface area (Å²) < 4.78 is 14.1. The molecule has 2 fully saturated rings. The molecule has 4 unspecified atom stereocenters. The summed E-state index contributed by atoms with van der Waals surface area (Å²) in [6, 6.07) is 20.4. The van der Waals surface area contributed by atoms with Gasteiger partial charge in [0, 0.05) is 14.5 Å². The molecule has 0 saturated carbocycles. The third-order valence-corrected chi connectivity index (χ3v) is 7.15. The van der Waals surface area contributed by atoms with Gasteiger partial charge in [-0.25, -0.2) is 0 Å². The standard InChI is InChI=1S/C22H14Br2N4O2/c1-13-21(12-27)19(28)30-22(13,15-4-8-17(24)9-5-15)29-18(20(21,10-25)11-26)14-2-6-16(23)7-3-14/h2-9,13,18,28H,1H3. The highest BCUT2D eigenvalue weighted by Crippen LogP contribution is 2.68. The zero-order valence-electron chi connectivity index (χ0n) is 15.7. The second-order valence-corrected chi connectivity index (χ2v) is 9.16. The zero-order valence-corrected chi connectivity index (χ0v) is 18.9. The average Bonchev–Trinajstić information content (AvgIpc) is 2.91. The molecule has 0 aliphatic carbocycles. The van der Waals surface area contributed by atoms with Gasteiger partial charge in [-0.2, -0.15) is 15.8 Å². The first kappa shape index (κ1) is 20.6. The van der Waals surface area contributed by atoms with Crippen molar-refractivity contribution in [2.75, 3.05) is 0 Å². The van der Waals surface area contributed by atoms with Crippen LogP contribution in [0.4, 0.5) is 0 Å². The highest BCUT2D eigenvalue weighted by atomic mass is 79.9. The Kier molecular flexibility index (Phi) is 4.75. The Hall–Kier alpha value is -2.70. The van der Waals surface area contributed by atoms with Crippen LogP contribution in [0.3, 0.4) is 0 Å². The molecule has 2 aromatic rings. The van der Waals surface area contributed by atoms with Gasteiger partial charge in [0.05, 0.1) is 24.1 Å². The average molecular weight is 526 g/mol. The maximum atomic E-state index is 10.3. The summed E-state index contributed by atoms with van der Waals surface area (Å²) in [6.07, 6.45) is -1.11. The fourth-order valence-electron chi connectivity index (χ4n) is 4.49. The molecule has 0 amide bonds. The Bertz CT molecular complexity index is 1150. The van der Waals surface area contributed by atoms with Crippen molar-refractivity contribution in [1.82, 2.24) is 0 Å². The van der Waals surface area contributed by atoms with Crippen LogP contribution >= 0.6 is 31.9 Å². The Balaban J connectivity index is 2.03. The van der Waals surface area contributed by atoms with Crippen molar-refractivity contribution in [2.45, 2.75) is 18.8 Å². The summed E-state index contributed by atoms with van der Waals surface area (Å²) >= 11 is 6.78. The van der Waals surface area contributed by atoms with E-state index in [9.17, 15) is 15.8 Å². The SMILES string of the molecule is CC1C2(c3ccc(Br)cc3)OC(=N)C1(C#N)C(C#N)(C#N)C(c1ccc(Br)cc1)O2. The second-order valence-electron chi connectivity index (χ2n) is 7.33. The number of benzene rings is 2. The van der Waals surface area contributed by atoms with Crippen molar-refractivity contribution in [1.29, 1.82) is 21.2 Å². The van der Waals surface area contributed by atoms with Crippen LogP contribution in [0.1, 0.15) is 24.2 Å². The second kappa shape index (κ2) is 6.93. The third kappa shape index (κ3) is 2.38. The molecule has 8 heteroatoms. The van der Waals surface area contributed by atoms with Crippen LogP contribution in [-0.4, -0.2) is 5.90 Å². The Morgan fingerprint density at radius 3 is 1.93 bits per heavy atom. The minimum atomic E-state index is -1.97. The molecular weight excluding hydrogens is 512 g/mol. The van der Waals surface area contributed by atoms with Gasteiger partial charge in [-0.05, 0) is 29.8 Å². The van der Waals surface area contributed by atoms with E-state index in [0.717, 1.165) is 8.95 Å². The molecule has 2 heterocycles. The molecule has 0 radical (unpaired) electrons. The first-order valence-corrected chi connectivity index (χ1v) is 10.6. The largest absolute Gasteiger partial charge is 0.443 e. The number of rotatable bonds is 2. The minimum Gasteiger partial charge on any atom is -0.443 e. The van der Waals surface area contributed by atoms with E-state index in [1.165, 1.54) is 0 Å². The highest BCUT2D eigenvalue weighted by Gasteiger charge is 2.79. The van der Waals surface area contributed by atoms with Gasteiger partial charge in [-0.3, -0.25) is 5.41 Å². The lowest BCUT2D eigenvalue weighted by Gasteiger charge is -2.48. The predicted octanol–water partition coefficient (Wildman–Crippen LogP) is 5.32. The van der Waals surface area contributed by atoms with E-state index in [1.807, 2.05) is 24.3 Å². The summed E-state index contributed by atoms with van der Waals surface area (Å²) in [6.45, 7) is 1.69. The number of nitrogens with one attached hydrogen (secondary N) is 1. The number of fused-ring (bicyclic) bond motifs is 2. The van der Waals surface area contributed by atoms with E-state index in [1.54, 1.807) is 43.3 Å². The molecule has 4 atom stereocenters. The first-order chi connectivity index (χ1) is 14.3. The molecule has 2 aliphatic heterocycles. The van der Waals surface area contributed by atoms with E-state index in [2.05, 4.69) is 37.9 Å². The fraction of sp³-hybridized carbons (Fsp3) is 0.273. The van der Waals surface area contributed by atoms with Gasteiger partial charge in [0.2, 0.25) is 17.1 Å². The van der Waals surface area contributed by atoms with Crippen molar-refractivity contribution in [3.63, 3.8) is 0 Å². The van der Waals surface area contributed by atoms with Crippen LogP contribution in [-0.2, 0) is 15.3 Å². The van der Waals surface area contributed by atoms with Gasteiger partial charge in [0.25, 0.3) is 0 Å². The minimum absolute atomic E-state index is 0.428. The van der Waals surface area contributed by atoms with Crippen LogP contribution in [0.15, 0.2) is 57.5 Å². The lowest BCUT2D eigenvalue weighted by Crippen LogP contribution is -2.57. The highest BCUT2D eigenvalue weighted by molar-refractivity contribution is 9.10. The van der Waals surface area contributed by atoms with E-state index in [0.29, 0.717) is 11.1 Å². The van der Waals surface area contributed by atoms with Gasteiger partial charge in [0.15, 0.2) is 5.41 Å². The van der Waals surface area contributed by atoms with Crippen molar-refractivity contribution >= 4 is 37.8 Å². The van der Waals surface area contributed by atoms with Crippen LogP contribution in [0.5, 0.6) is 0 Å². The summed E-state index contributed by atoms with van der Waals surface area (Å²) in [4.78, 5) is 0. The lowest BCUT2D eigenvalue weighted by molar-refractivity contribution is -0.288. The number of hydrogen-bond donors (Lipinski definition) is 1. The van der Waals surface area contributed by atoms with Crippen LogP contribution in [0, 0.1) is 56.2 Å². The van der Waals surface area contributed by atoms with Crippen LogP contribution in [0.2, 0.25) is 0 Å². The maximum absolute atomic E-state index is 10.3. The van der Waals surface area contributed by atoms with Gasteiger partial charge < -0.3 is 9.47 Å². The number of nitrogens with zero attached hydrogens (tertiary/aromatic N) is 3. The van der Waals surface area contributed by atoms with E-state index in [4.69, 9.17) is 14.9 Å². The monoisotopic (exact) mass is 524 g/mol. The van der Waals surface area contributed by atoms with Gasteiger partial charge in [-0.15, -0.1) is 0 Å². The molecule has 6 nitrogen and oxygen atoms in total. The molecule has 2 bridgehead atoms. The molecule has 0 aromatic heterocycles. The first-order valence-electron chi connectivity index (χ1n) is 9.02. The third-order valence-electron chi connectivity index (χ3n) is 6.09. The van der Waals surface area contributed by atoms with Crippen molar-refractivity contribution in [3.05, 3.63) is 68.6 Å². The predicted molar refractivity (Wildman–Crippen MR) is 113 cm³/mol. The van der Waals surface area contributed by atoms with E-state index < -0.39 is 34.5 Å². The number of hydrogen-bond acceptors (Lipinski definition) is 6. The fourth-order valence-corrected chi connectivity index (χ4v) is 5.02. The van der Waals surface area contributed by atoms with Crippen molar-refractivity contribution in [3.8, 4) is 18.2 Å². The Labute approximate surface area is 190 Å². The maximum Gasteiger partial charge on any atom is 0.244 e. The van der Waals surface area contributed by atoms with E-state index in [-0.39, 0.29) is 0 Å². The quantitative estimate of drug-likeness (QED) is 0.569. The summed E-state index contributed by atoms with van der Waals surface area (Å²) in [5.41, 5.74) is -2.62. The molecule has 2 saturated heterocycles. The molecule has 30 heavy (non-hydrogen) atoms. The molecule has 2 aromatic carbocycles. The van der Waals surface area contributed by atoms with E-state index >= 15 is 0 Å². The van der Waals surface area contributed by atoms with Gasteiger partial charge >= 0.3 is 0 Å². The molecule has 2 aliphatic rings. The summed E-state index contributed by atoms with van der Waals surface area (Å²) in [7, 11) is 0. The Morgan fingerprint density at radius 2 is 1.43 bits per heavy atom. The van der Waals surface area contributed by atoms with Crippen molar-refractivity contribution < 1.29 is 9.47 Å². The topological polar surface area (TPSA) is 114 Å². The van der Waals surface area contributed by atoms with Crippen molar-refractivity contribution in [2.24, 2.45) is 16.7 Å². The molecular formula is C22H14Br2N4O2. The number of ether oxygens (including phenoxy) is 2. The zero-order chi connectivity index (χ0) is 21.7. The van der Waals surface area contributed by atoms with Crippen LogP contribution < -0.4 is 0 Å². The van der Waals surface area contributed by atoms with Gasteiger partial charge in [-0.1, -0.05) is 63.0 Å². The smallest absolute Gasteiger partial charge is 0.244 e. The van der Waals surface area contributed by atoms with Gasteiger partial charge in [0.1, 0.15) is 6.10 Å². The van der Waals surface area contributed by atoms with Crippen LogP contribution in [0.25, 0.3) is 0 Å². The molecule has 148 valence electrons. The number of halogens is 2.